The molecule has 1 atom stereocenters. The van der Waals surface area contributed by atoms with Crippen molar-refractivity contribution in [2.45, 2.75) is 51.0 Å². The second-order valence-corrected chi connectivity index (χ2v) is 5.11. The van der Waals surface area contributed by atoms with E-state index < -0.39 is 11.9 Å². The Labute approximate surface area is 119 Å². The van der Waals surface area contributed by atoms with Crippen LogP contribution < -0.4 is 5.32 Å². The fraction of sp³-hybridized carbons (Fsp3) is 0.786. The maximum Gasteiger partial charge on any atom is 0.315 e. The Morgan fingerprint density at radius 3 is 2.20 bits per heavy atom. The van der Waals surface area contributed by atoms with Crippen LogP contribution in [0.25, 0.3) is 0 Å². The zero-order valence-corrected chi connectivity index (χ0v) is 12.1. The zero-order valence-electron chi connectivity index (χ0n) is 12.1. The predicted octanol–water partition coefficient (Wildman–Crippen LogP) is 1.18. The first-order valence-corrected chi connectivity index (χ1v) is 6.99. The third kappa shape index (κ3) is 5.59. The van der Waals surface area contributed by atoms with Crippen molar-refractivity contribution in [2.24, 2.45) is 5.92 Å². The van der Waals surface area contributed by atoms with Crippen LogP contribution in [-0.4, -0.2) is 38.1 Å². The van der Waals surface area contributed by atoms with Crippen LogP contribution in [0.2, 0.25) is 0 Å². The van der Waals surface area contributed by atoms with E-state index in [1.807, 2.05) is 0 Å². The molecule has 20 heavy (non-hydrogen) atoms. The van der Waals surface area contributed by atoms with Crippen LogP contribution >= 0.6 is 0 Å². The number of esters is 2. The molecule has 1 fully saturated rings. The van der Waals surface area contributed by atoms with E-state index in [0.717, 1.165) is 25.7 Å². The molecular formula is C14H23NO5. The first kappa shape index (κ1) is 16.5. The molecule has 0 aromatic heterocycles. The van der Waals surface area contributed by atoms with Gasteiger partial charge in [-0.2, -0.15) is 0 Å². The molecule has 0 heterocycles. The van der Waals surface area contributed by atoms with Gasteiger partial charge in [-0.25, -0.2) is 0 Å². The third-order valence-electron chi connectivity index (χ3n) is 3.71. The average Bonchev–Trinajstić information content (AvgIpc) is 2.47. The van der Waals surface area contributed by atoms with Crippen LogP contribution in [-0.2, 0) is 23.9 Å². The minimum absolute atomic E-state index is 0.147. The van der Waals surface area contributed by atoms with Gasteiger partial charge in [0.25, 0.3) is 0 Å². The maximum absolute atomic E-state index is 11.8. The molecule has 1 rings (SSSR count). The molecular weight excluding hydrogens is 262 g/mol. The van der Waals surface area contributed by atoms with Crippen molar-refractivity contribution in [1.29, 1.82) is 0 Å². The van der Waals surface area contributed by atoms with Crippen molar-refractivity contribution in [2.75, 3.05) is 14.2 Å². The van der Waals surface area contributed by atoms with E-state index in [1.54, 1.807) is 0 Å². The van der Waals surface area contributed by atoms with Gasteiger partial charge < -0.3 is 14.8 Å². The molecule has 1 aliphatic carbocycles. The average molecular weight is 285 g/mol. The standard InChI is InChI=1S/C14H23NO5/c1-19-13(17)8-11(10-6-4-3-5-7-10)15-12(16)9-14(18)20-2/h10-11H,3-9H2,1-2H3,(H,15,16). The highest BCUT2D eigenvalue weighted by Crippen LogP contribution is 2.28. The molecule has 6 nitrogen and oxygen atoms in total. The predicted molar refractivity (Wildman–Crippen MR) is 71.8 cm³/mol. The normalized spacial score (nSPS) is 17.1. The lowest BCUT2D eigenvalue weighted by molar-refractivity contribution is -0.144. The fourth-order valence-electron chi connectivity index (χ4n) is 2.60. The summed E-state index contributed by atoms with van der Waals surface area (Å²) in [6, 6.07) is -0.264. The van der Waals surface area contributed by atoms with E-state index >= 15 is 0 Å². The highest BCUT2D eigenvalue weighted by atomic mass is 16.5. The maximum atomic E-state index is 11.8. The van der Waals surface area contributed by atoms with Gasteiger partial charge >= 0.3 is 11.9 Å². The van der Waals surface area contributed by atoms with Crippen molar-refractivity contribution in [3.8, 4) is 0 Å². The molecule has 1 saturated carbocycles. The van der Waals surface area contributed by atoms with Gasteiger partial charge in [0.15, 0.2) is 0 Å². The van der Waals surface area contributed by atoms with Gasteiger partial charge in [-0.15, -0.1) is 0 Å². The van der Waals surface area contributed by atoms with Crippen molar-refractivity contribution < 1.29 is 23.9 Å². The molecule has 0 saturated heterocycles. The Balaban J connectivity index is 2.58. The summed E-state index contributed by atoms with van der Waals surface area (Å²) in [5.41, 5.74) is 0. The summed E-state index contributed by atoms with van der Waals surface area (Å²) in [6.07, 6.45) is 5.21. The lowest BCUT2D eigenvalue weighted by Crippen LogP contribution is -2.43. The number of carbonyl (C=O) groups is 3. The molecule has 1 amide bonds. The van der Waals surface area contributed by atoms with Gasteiger partial charge in [-0.05, 0) is 18.8 Å². The number of amides is 1. The highest BCUT2D eigenvalue weighted by molar-refractivity contribution is 5.94. The van der Waals surface area contributed by atoms with E-state index in [9.17, 15) is 14.4 Å². The molecule has 0 radical (unpaired) electrons. The molecule has 6 heteroatoms. The summed E-state index contributed by atoms with van der Waals surface area (Å²) >= 11 is 0. The molecule has 0 aromatic rings. The van der Waals surface area contributed by atoms with E-state index in [2.05, 4.69) is 14.8 Å². The summed E-state index contributed by atoms with van der Waals surface area (Å²) in [6.45, 7) is 0. The number of hydrogen-bond donors (Lipinski definition) is 1. The number of hydrogen-bond acceptors (Lipinski definition) is 5. The van der Waals surface area contributed by atoms with Crippen molar-refractivity contribution in [3.05, 3.63) is 0 Å². The number of carbonyl (C=O) groups excluding carboxylic acids is 3. The molecule has 0 aliphatic heterocycles. The minimum Gasteiger partial charge on any atom is -0.469 e. The Morgan fingerprint density at radius 2 is 1.65 bits per heavy atom. The second-order valence-electron chi connectivity index (χ2n) is 5.11. The highest BCUT2D eigenvalue weighted by Gasteiger charge is 2.28. The van der Waals surface area contributed by atoms with Gasteiger partial charge in [0.2, 0.25) is 5.91 Å². The molecule has 1 N–H and O–H groups in total. The molecule has 1 aliphatic rings. The van der Waals surface area contributed by atoms with Crippen LogP contribution in [0.4, 0.5) is 0 Å². The number of nitrogens with one attached hydrogen (secondary N) is 1. The lowest BCUT2D eigenvalue weighted by Gasteiger charge is -2.30. The Hall–Kier alpha value is -1.59. The monoisotopic (exact) mass is 285 g/mol. The molecule has 0 bridgehead atoms. The first-order valence-electron chi connectivity index (χ1n) is 6.99. The first-order chi connectivity index (χ1) is 9.56. The number of ether oxygens (including phenoxy) is 2. The quantitative estimate of drug-likeness (QED) is 0.585. The van der Waals surface area contributed by atoms with E-state index in [-0.39, 0.29) is 30.8 Å². The van der Waals surface area contributed by atoms with E-state index in [1.165, 1.54) is 20.6 Å². The van der Waals surface area contributed by atoms with Gasteiger partial charge in [-0.3, -0.25) is 14.4 Å². The Morgan fingerprint density at radius 1 is 1.05 bits per heavy atom. The second kappa shape index (κ2) is 8.55. The van der Waals surface area contributed by atoms with Crippen LogP contribution in [0, 0.1) is 5.92 Å². The van der Waals surface area contributed by atoms with E-state index in [0.29, 0.717) is 0 Å². The number of methoxy groups -OCH3 is 2. The summed E-state index contributed by atoms with van der Waals surface area (Å²) in [5.74, 6) is -1.07. The van der Waals surface area contributed by atoms with Crippen LogP contribution in [0.3, 0.4) is 0 Å². The summed E-state index contributed by atoms with van der Waals surface area (Å²) in [5, 5.41) is 2.78. The topological polar surface area (TPSA) is 81.7 Å². The van der Waals surface area contributed by atoms with Gasteiger partial charge in [-0.1, -0.05) is 19.3 Å². The molecule has 0 spiro atoms. The van der Waals surface area contributed by atoms with Crippen molar-refractivity contribution >= 4 is 17.8 Å². The largest absolute Gasteiger partial charge is 0.469 e. The SMILES string of the molecule is COC(=O)CC(=O)NC(CC(=O)OC)C1CCCCC1. The van der Waals surface area contributed by atoms with Crippen LogP contribution in [0.5, 0.6) is 0 Å². The lowest BCUT2D eigenvalue weighted by atomic mass is 9.82. The van der Waals surface area contributed by atoms with Crippen molar-refractivity contribution in [1.82, 2.24) is 5.32 Å². The smallest absolute Gasteiger partial charge is 0.315 e. The molecule has 0 aromatic carbocycles. The van der Waals surface area contributed by atoms with Crippen molar-refractivity contribution in [3.63, 3.8) is 0 Å². The summed E-state index contributed by atoms with van der Waals surface area (Å²) in [7, 11) is 2.57. The zero-order chi connectivity index (χ0) is 15.0. The fourth-order valence-corrected chi connectivity index (χ4v) is 2.60. The molecule has 114 valence electrons. The number of rotatable bonds is 6. The summed E-state index contributed by atoms with van der Waals surface area (Å²) in [4.78, 5) is 34.3. The Bertz CT molecular complexity index is 349. The van der Waals surface area contributed by atoms with Gasteiger partial charge in [0, 0.05) is 6.04 Å². The van der Waals surface area contributed by atoms with Crippen LogP contribution in [0.1, 0.15) is 44.9 Å². The Kier molecular flexibility index (Phi) is 7.04. The molecule has 1 unspecified atom stereocenters. The van der Waals surface area contributed by atoms with E-state index in [4.69, 9.17) is 0 Å². The summed E-state index contributed by atoms with van der Waals surface area (Å²) < 4.78 is 9.13. The van der Waals surface area contributed by atoms with Gasteiger partial charge in [0.05, 0.1) is 20.6 Å². The van der Waals surface area contributed by atoms with Gasteiger partial charge in [0.1, 0.15) is 6.42 Å². The minimum atomic E-state index is -0.581. The third-order valence-corrected chi connectivity index (χ3v) is 3.71. The van der Waals surface area contributed by atoms with Crippen LogP contribution in [0.15, 0.2) is 0 Å².